The Morgan fingerprint density at radius 3 is 3.15 bits per heavy atom. The molecule has 3 atom stereocenters. The summed E-state index contributed by atoms with van der Waals surface area (Å²) in [7, 11) is 0. The molecule has 0 saturated carbocycles. The molecular weight excluding hydrogens is 166 g/mol. The summed E-state index contributed by atoms with van der Waals surface area (Å²) in [5.74, 6) is 1.77. The molecule has 3 saturated heterocycles. The van der Waals surface area contributed by atoms with E-state index >= 15 is 0 Å². The maximum Gasteiger partial charge on any atom is 0.226 e. The quantitative estimate of drug-likeness (QED) is 0.553. The van der Waals surface area contributed by atoms with Crippen LogP contribution >= 0.6 is 0 Å². The Labute approximate surface area is 77.4 Å². The molecule has 0 unspecified atom stereocenters. The predicted molar refractivity (Wildman–Crippen MR) is 46.9 cm³/mol. The maximum atomic E-state index is 11.5. The smallest absolute Gasteiger partial charge is 0.226 e. The van der Waals surface area contributed by atoms with Gasteiger partial charge in [-0.3, -0.25) is 4.79 Å². The summed E-state index contributed by atoms with van der Waals surface area (Å²) in [5.41, 5.74) is 0. The van der Waals surface area contributed by atoms with Crippen molar-refractivity contribution in [2.75, 3.05) is 6.54 Å². The summed E-state index contributed by atoms with van der Waals surface area (Å²) in [5, 5.41) is 0. The third-order valence-electron chi connectivity index (χ3n) is 3.47. The molecule has 0 aromatic heterocycles. The molecule has 0 bridgehead atoms. The zero-order valence-corrected chi connectivity index (χ0v) is 7.53. The van der Waals surface area contributed by atoms with Crippen molar-refractivity contribution in [1.82, 2.24) is 4.90 Å². The highest BCUT2D eigenvalue weighted by Gasteiger charge is 2.51. The molecule has 3 heterocycles. The molecule has 3 rings (SSSR count). The largest absolute Gasteiger partial charge is 0.493 e. The average Bonchev–Trinajstić information content (AvgIpc) is 2.58. The number of amides is 1. The fourth-order valence-electron chi connectivity index (χ4n) is 2.97. The van der Waals surface area contributed by atoms with Gasteiger partial charge in [0.15, 0.2) is 0 Å². The molecule has 70 valence electrons. The molecule has 3 heteroatoms. The zero-order chi connectivity index (χ0) is 9.00. The van der Waals surface area contributed by atoms with E-state index in [0.29, 0.717) is 18.4 Å². The zero-order valence-electron chi connectivity index (χ0n) is 7.53. The van der Waals surface area contributed by atoms with E-state index in [9.17, 15) is 4.79 Å². The number of hydrogen-bond donors (Lipinski definition) is 0. The minimum Gasteiger partial charge on any atom is -0.493 e. The average molecular weight is 179 g/mol. The van der Waals surface area contributed by atoms with Crippen LogP contribution in [0.2, 0.25) is 0 Å². The minimum absolute atomic E-state index is 0.112. The summed E-state index contributed by atoms with van der Waals surface area (Å²) in [6, 6.07) is 0.373. The van der Waals surface area contributed by atoms with Crippen molar-refractivity contribution < 1.29 is 9.53 Å². The Bertz CT molecular complexity index is 285. The van der Waals surface area contributed by atoms with Gasteiger partial charge in [-0.1, -0.05) is 6.58 Å². The number of hydrogen-bond acceptors (Lipinski definition) is 2. The molecule has 0 spiro atoms. The predicted octanol–water partition coefficient (Wildman–Crippen LogP) is 0.910. The van der Waals surface area contributed by atoms with Gasteiger partial charge in [-0.15, -0.1) is 0 Å². The van der Waals surface area contributed by atoms with Gasteiger partial charge in [0, 0.05) is 13.0 Å². The van der Waals surface area contributed by atoms with Crippen LogP contribution in [0.1, 0.15) is 19.3 Å². The molecule has 0 aliphatic carbocycles. The van der Waals surface area contributed by atoms with Crippen LogP contribution in [0.5, 0.6) is 0 Å². The molecule has 3 aliphatic heterocycles. The van der Waals surface area contributed by atoms with Gasteiger partial charge in [0.1, 0.15) is 6.10 Å². The van der Waals surface area contributed by atoms with E-state index in [0.717, 1.165) is 25.1 Å². The number of rotatable bonds is 0. The van der Waals surface area contributed by atoms with Gasteiger partial charge < -0.3 is 9.64 Å². The summed E-state index contributed by atoms with van der Waals surface area (Å²) < 4.78 is 5.60. The minimum atomic E-state index is 0.112. The molecule has 0 aromatic carbocycles. The summed E-state index contributed by atoms with van der Waals surface area (Å²) >= 11 is 0. The lowest BCUT2D eigenvalue weighted by Crippen LogP contribution is -2.39. The molecule has 0 aromatic rings. The van der Waals surface area contributed by atoms with Crippen molar-refractivity contribution in [3.8, 4) is 0 Å². The first-order valence-corrected chi connectivity index (χ1v) is 4.89. The van der Waals surface area contributed by atoms with Gasteiger partial charge >= 0.3 is 0 Å². The second-order valence-electron chi connectivity index (χ2n) is 4.23. The molecule has 13 heavy (non-hydrogen) atoms. The topological polar surface area (TPSA) is 29.5 Å². The standard InChI is InChI=1S/C10H13NO2/c1-6-4-7-2-3-11-9(12)5-8(13-6)10(7)11/h7-8,10H,1-5H2/t7-,8+,10-/m1/s1. The normalized spacial score (nSPS) is 42.2. The van der Waals surface area contributed by atoms with Crippen molar-refractivity contribution in [2.45, 2.75) is 31.4 Å². The molecule has 0 radical (unpaired) electrons. The SMILES string of the molecule is C=C1C[C@H]2CCN3C(=O)C[C@H](O1)[C@@H]23. The lowest BCUT2D eigenvalue weighted by Gasteiger charge is -2.32. The van der Waals surface area contributed by atoms with Crippen LogP contribution in [0.25, 0.3) is 0 Å². The van der Waals surface area contributed by atoms with Crippen molar-refractivity contribution in [3.63, 3.8) is 0 Å². The van der Waals surface area contributed by atoms with Gasteiger partial charge in [-0.05, 0) is 12.3 Å². The van der Waals surface area contributed by atoms with E-state index in [1.165, 1.54) is 0 Å². The Morgan fingerprint density at radius 1 is 1.46 bits per heavy atom. The van der Waals surface area contributed by atoms with Crippen LogP contribution in [0, 0.1) is 5.92 Å². The van der Waals surface area contributed by atoms with Gasteiger partial charge in [0.05, 0.1) is 18.2 Å². The van der Waals surface area contributed by atoms with Gasteiger partial charge in [0.2, 0.25) is 5.91 Å². The van der Waals surface area contributed by atoms with Crippen LogP contribution in [0.3, 0.4) is 0 Å². The third kappa shape index (κ3) is 0.872. The first kappa shape index (κ1) is 7.42. The third-order valence-corrected chi connectivity index (χ3v) is 3.47. The van der Waals surface area contributed by atoms with E-state index in [1.807, 2.05) is 4.90 Å². The van der Waals surface area contributed by atoms with E-state index in [-0.39, 0.29) is 12.0 Å². The Balaban J connectivity index is 1.95. The molecule has 3 aliphatic rings. The number of carbonyl (C=O) groups excluding carboxylic acids is 1. The monoisotopic (exact) mass is 179 g/mol. The van der Waals surface area contributed by atoms with E-state index in [1.54, 1.807) is 0 Å². The lowest BCUT2D eigenvalue weighted by atomic mass is 9.90. The lowest BCUT2D eigenvalue weighted by molar-refractivity contribution is -0.128. The molecule has 3 nitrogen and oxygen atoms in total. The highest BCUT2D eigenvalue weighted by atomic mass is 16.5. The van der Waals surface area contributed by atoms with E-state index in [2.05, 4.69) is 6.58 Å². The fourth-order valence-corrected chi connectivity index (χ4v) is 2.97. The second kappa shape index (κ2) is 2.28. The summed E-state index contributed by atoms with van der Waals surface area (Å²) in [6.45, 7) is 4.80. The summed E-state index contributed by atoms with van der Waals surface area (Å²) in [4.78, 5) is 13.5. The van der Waals surface area contributed by atoms with Crippen molar-refractivity contribution in [1.29, 1.82) is 0 Å². The molecule has 1 amide bonds. The highest BCUT2D eigenvalue weighted by molar-refractivity contribution is 5.80. The van der Waals surface area contributed by atoms with E-state index in [4.69, 9.17) is 4.74 Å². The maximum absolute atomic E-state index is 11.5. The van der Waals surface area contributed by atoms with Gasteiger partial charge in [-0.2, -0.15) is 0 Å². The first-order chi connectivity index (χ1) is 6.25. The van der Waals surface area contributed by atoms with E-state index < -0.39 is 0 Å². The van der Waals surface area contributed by atoms with Crippen LogP contribution in [0.4, 0.5) is 0 Å². The number of nitrogens with zero attached hydrogens (tertiary/aromatic N) is 1. The van der Waals surface area contributed by atoms with Gasteiger partial charge in [0.25, 0.3) is 0 Å². The fraction of sp³-hybridized carbons (Fsp3) is 0.700. The molecule has 3 fully saturated rings. The first-order valence-electron chi connectivity index (χ1n) is 4.89. The number of ether oxygens (including phenoxy) is 1. The van der Waals surface area contributed by atoms with Crippen molar-refractivity contribution in [2.24, 2.45) is 5.92 Å². The second-order valence-corrected chi connectivity index (χ2v) is 4.23. The molecular formula is C10H13NO2. The highest BCUT2D eigenvalue weighted by Crippen LogP contribution is 2.42. The van der Waals surface area contributed by atoms with Crippen LogP contribution < -0.4 is 0 Å². The van der Waals surface area contributed by atoms with Crippen molar-refractivity contribution in [3.05, 3.63) is 12.3 Å². The van der Waals surface area contributed by atoms with Crippen LogP contribution in [-0.2, 0) is 9.53 Å². The van der Waals surface area contributed by atoms with Crippen LogP contribution in [0.15, 0.2) is 12.3 Å². The molecule has 0 N–H and O–H groups in total. The number of carbonyl (C=O) groups is 1. The van der Waals surface area contributed by atoms with Crippen LogP contribution in [-0.4, -0.2) is 29.5 Å². The number of allylic oxidation sites excluding steroid dienone is 1. The van der Waals surface area contributed by atoms with Gasteiger partial charge in [-0.25, -0.2) is 0 Å². The Hall–Kier alpha value is -0.990. The summed E-state index contributed by atoms with van der Waals surface area (Å²) in [6.07, 6.45) is 2.77. The van der Waals surface area contributed by atoms with Crippen molar-refractivity contribution >= 4 is 5.91 Å². The Morgan fingerprint density at radius 2 is 2.31 bits per heavy atom. The Kier molecular flexibility index (Phi) is 1.30.